The first-order chi connectivity index (χ1) is 9.95. The number of nitrogens with zero attached hydrogens (tertiary/aromatic N) is 2. The lowest BCUT2D eigenvalue weighted by Gasteiger charge is -2.29. The highest BCUT2D eigenvalue weighted by molar-refractivity contribution is 6.31. The molecule has 2 aromatic rings. The van der Waals surface area contributed by atoms with Crippen molar-refractivity contribution in [3.05, 3.63) is 57.7 Å². The van der Waals surface area contributed by atoms with E-state index in [2.05, 4.69) is 29.8 Å². The van der Waals surface area contributed by atoms with Crippen LogP contribution < -0.4 is 10.6 Å². The average Bonchev–Trinajstić information content (AvgIpc) is 2.45. The smallest absolute Gasteiger partial charge is 0.133 e. The molecule has 112 valence electrons. The fourth-order valence-electron chi connectivity index (χ4n) is 2.59. The van der Waals surface area contributed by atoms with Crippen LogP contribution >= 0.6 is 11.6 Å². The molecule has 1 aromatic carbocycles. The van der Waals surface area contributed by atoms with Crippen LogP contribution in [0.2, 0.25) is 5.02 Å². The Hall–Kier alpha value is -1.58. The van der Waals surface area contributed by atoms with Crippen LogP contribution in [0.25, 0.3) is 0 Å². The number of aromatic nitrogens is 1. The SMILES string of the molecule is Cc1cc(C)c(CN)c(N(C)C(C)c2ccccc2Cl)n1. The molecule has 0 bridgehead atoms. The quantitative estimate of drug-likeness (QED) is 0.928. The Bertz CT molecular complexity index is 640. The van der Waals surface area contributed by atoms with Gasteiger partial charge in [0.25, 0.3) is 0 Å². The van der Waals surface area contributed by atoms with E-state index >= 15 is 0 Å². The van der Waals surface area contributed by atoms with E-state index in [9.17, 15) is 0 Å². The fraction of sp³-hybridized carbons (Fsp3) is 0.353. The number of aryl methyl sites for hydroxylation is 2. The van der Waals surface area contributed by atoms with Crippen LogP contribution in [0.5, 0.6) is 0 Å². The first kappa shape index (κ1) is 15.8. The Kier molecular flexibility index (Phi) is 4.86. The number of anilines is 1. The third kappa shape index (κ3) is 3.20. The molecule has 1 aromatic heterocycles. The van der Waals surface area contributed by atoms with Gasteiger partial charge in [-0.3, -0.25) is 0 Å². The molecule has 0 radical (unpaired) electrons. The molecule has 3 nitrogen and oxygen atoms in total. The zero-order chi connectivity index (χ0) is 15.6. The molecule has 0 fully saturated rings. The summed E-state index contributed by atoms with van der Waals surface area (Å²) >= 11 is 6.32. The highest BCUT2D eigenvalue weighted by Crippen LogP contribution is 2.31. The second kappa shape index (κ2) is 6.46. The molecule has 1 unspecified atom stereocenters. The van der Waals surface area contributed by atoms with Gasteiger partial charge in [0.05, 0.1) is 6.04 Å². The lowest BCUT2D eigenvalue weighted by molar-refractivity contribution is 0.720. The van der Waals surface area contributed by atoms with Gasteiger partial charge in [-0.2, -0.15) is 0 Å². The Morgan fingerprint density at radius 3 is 2.57 bits per heavy atom. The van der Waals surface area contributed by atoms with Crippen molar-refractivity contribution < 1.29 is 0 Å². The van der Waals surface area contributed by atoms with Gasteiger partial charge in [0.2, 0.25) is 0 Å². The molecular weight excluding hydrogens is 282 g/mol. The largest absolute Gasteiger partial charge is 0.353 e. The van der Waals surface area contributed by atoms with E-state index in [0.717, 1.165) is 27.7 Å². The molecule has 21 heavy (non-hydrogen) atoms. The van der Waals surface area contributed by atoms with Gasteiger partial charge in [-0.15, -0.1) is 0 Å². The van der Waals surface area contributed by atoms with Crippen molar-refractivity contribution in [3.63, 3.8) is 0 Å². The maximum Gasteiger partial charge on any atom is 0.133 e. The van der Waals surface area contributed by atoms with E-state index in [1.165, 1.54) is 5.56 Å². The lowest BCUT2D eigenvalue weighted by Crippen LogP contribution is -2.25. The summed E-state index contributed by atoms with van der Waals surface area (Å²) in [5.74, 6) is 0.933. The molecule has 0 saturated heterocycles. The number of rotatable bonds is 4. The average molecular weight is 304 g/mol. The predicted octanol–water partition coefficient (Wildman–Crippen LogP) is 4.01. The van der Waals surface area contributed by atoms with Gasteiger partial charge < -0.3 is 10.6 Å². The maximum absolute atomic E-state index is 6.32. The Labute approximate surface area is 131 Å². The first-order valence-corrected chi connectivity index (χ1v) is 7.48. The molecule has 2 rings (SSSR count). The molecular formula is C17H22ClN3. The van der Waals surface area contributed by atoms with Crippen LogP contribution in [-0.4, -0.2) is 12.0 Å². The van der Waals surface area contributed by atoms with E-state index in [4.69, 9.17) is 17.3 Å². The standard InChI is InChI=1S/C17H22ClN3/c1-11-9-12(2)20-17(15(11)10-19)21(4)13(3)14-7-5-6-8-16(14)18/h5-9,13H,10,19H2,1-4H3. The Morgan fingerprint density at radius 1 is 1.29 bits per heavy atom. The van der Waals surface area contributed by atoms with Crippen LogP contribution in [0.1, 0.15) is 35.3 Å². The molecule has 0 aliphatic rings. The number of hydrogen-bond donors (Lipinski definition) is 1. The summed E-state index contributed by atoms with van der Waals surface area (Å²) < 4.78 is 0. The summed E-state index contributed by atoms with van der Waals surface area (Å²) in [6.07, 6.45) is 0. The van der Waals surface area contributed by atoms with Gasteiger partial charge in [-0.05, 0) is 44.0 Å². The number of benzene rings is 1. The van der Waals surface area contributed by atoms with E-state index in [-0.39, 0.29) is 6.04 Å². The highest BCUT2D eigenvalue weighted by Gasteiger charge is 2.19. The van der Waals surface area contributed by atoms with E-state index in [1.807, 2.05) is 38.2 Å². The van der Waals surface area contributed by atoms with Crippen molar-refractivity contribution in [1.82, 2.24) is 4.98 Å². The molecule has 4 heteroatoms. The number of halogens is 1. The minimum Gasteiger partial charge on any atom is -0.353 e. The second-order valence-corrected chi connectivity index (χ2v) is 5.80. The van der Waals surface area contributed by atoms with Crippen molar-refractivity contribution in [2.75, 3.05) is 11.9 Å². The van der Waals surface area contributed by atoms with Crippen molar-refractivity contribution in [1.29, 1.82) is 0 Å². The monoisotopic (exact) mass is 303 g/mol. The molecule has 0 aliphatic carbocycles. The van der Waals surface area contributed by atoms with Crippen molar-refractivity contribution >= 4 is 17.4 Å². The van der Waals surface area contributed by atoms with Crippen molar-refractivity contribution in [2.24, 2.45) is 5.73 Å². The molecule has 2 N–H and O–H groups in total. The van der Waals surface area contributed by atoms with E-state index in [0.29, 0.717) is 6.54 Å². The fourth-order valence-corrected chi connectivity index (χ4v) is 2.89. The summed E-state index contributed by atoms with van der Waals surface area (Å²) in [5, 5.41) is 0.774. The molecule has 1 heterocycles. The van der Waals surface area contributed by atoms with Crippen molar-refractivity contribution in [3.8, 4) is 0 Å². The van der Waals surface area contributed by atoms with Crippen molar-refractivity contribution in [2.45, 2.75) is 33.4 Å². The van der Waals surface area contributed by atoms with Crippen LogP contribution in [0.3, 0.4) is 0 Å². The first-order valence-electron chi connectivity index (χ1n) is 7.10. The van der Waals surface area contributed by atoms with Crippen LogP contribution in [-0.2, 0) is 6.54 Å². The predicted molar refractivity (Wildman–Crippen MR) is 89.9 cm³/mol. The van der Waals surface area contributed by atoms with Crippen LogP contribution in [0.15, 0.2) is 30.3 Å². The summed E-state index contributed by atoms with van der Waals surface area (Å²) in [6, 6.07) is 10.1. The minimum absolute atomic E-state index is 0.123. The Morgan fingerprint density at radius 2 is 1.95 bits per heavy atom. The van der Waals surface area contributed by atoms with Gasteiger partial charge >= 0.3 is 0 Å². The second-order valence-electron chi connectivity index (χ2n) is 5.40. The van der Waals surface area contributed by atoms with E-state index in [1.54, 1.807) is 0 Å². The van der Waals surface area contributed by atoms with E-state index < -0.39 is 0 Å². The topological polar surface area (TPSA) is 42.1 Å². The molecule has 0 aliphatic heterocycles. The zero-order valence-corrected chi connectivity index (χ0v) is 13.8. The summed E-state index contributed by atoms with van der Waals surface area (Å²) in [6.45, 7) is 6.69. The summed E-state index contributed by atoms with van der Waals surface area (Å²) in [4.78, 5) is 6.83. The van der Waals surface area contributed by atoms with Gasteiger partial charge in [0, 0.05) is 29.9 Å². The number of nitrogens with two attached hydrogens (primary N) is 1. The van der Waals surface area contributed by atoms with Gasteiger partial charge in [0.15, 0.2) is 0 Å². The van der Waals surface area contributed by atoms with Crippen LogP contribution in [0.4, 0.5) is 5.82 Å². The summed E-state index contributed by atoms with van der Waals surface area (Å²) in [7, 11) is 2.04. The lowest BCUT2D eigenvalue weighted by atomic mass is 10.0. The molecule has 0 saturated carbocycles. The van der Waals surface area contributed by atoms with Gasteiger partial charge in [-0.1, -0.05) is 29.8 Å². The number of pyridine rings is 1. The number of hydrogen-bond acceptors (Lipinski definition) is 3. The normalized spacial score (nSPS) is 12.3. The molecule has 0 spiro atoms. The highest BCUT2D eigenvalue weighted by atomic mass is 35.5. The van der Waals surface area contributed by atoms with Crippen LogP contribution in [0, 0.1) is 13.8 Å². The third-order valence-corrected chi connectivity index (χ3v) is 4.27. The third-order valence-electron chi connectivity index (χ3n) is 3.93. The van der Waals surface area contributed by atoms with Gasteiger partial charge in [0.1, 0.15) is 5.82 Å². The molecule has 1 atom stereocenters. The minimum atomic E-state index is 0.123. The zero-order valence-electron chi connectivity index (χ0n) is 13.0. The molecule has 0 amide bonds. The Balaban J connectivity index is 2.45. The van der Waals surface area contributed by atoms with Gasteiger partial charge in [-0.25, -0.2) is 4.98 Å². The maximum atomic E-state index is 6.32. The summed E-state index contributed by atoms with van der Waals surface area (Å²) in [5.41, 5.74) is 10.3.